The van der Waals surface area contributed by atoms with Crippen LogP contribution in [0.15, 0.2) is 150 Å². The average Bonchev–Trinajstić information content (AvgIpc) is 3.70. The Balaban J connectivity index is 1.54. The van der Waals surface area contributed by atoms with E-state index in [1.54, 1.807) is 0 Å². The topological polar surface area (TPSA) is 4.93 Å². The molecule has 0 bridgehead atoms. The van der Waals surface area contributed by atoms with Crippen molar-refractivity contribution in [1.82, 2.24) is 4.57 Å². The Labute approximate surface area is 279 Å². The smallest absolute Gasteiger partial charge is 0.0626 e. The fourth-order valence-corrected chi connectivity index (χ4v) is 8.92. The first kappa shape index (κ1) is 28.1. The Morgan fingerprint density at radius 2 is 1.28 bits per heavy atom. The van der Waals surface area contributed by atoms with Gasteiger partial charge in [0.25, 0.3) is 0 Å². The molecule has 1 unspecified atom stereocenters. The molecule has 6 aromatic carbocycles. The molecule has 0 saturated carbocycles. The number of hydrogen-bond donors (Lipinski definition) is 0. The minimum atomic E-state index is 0.241. The van der Waals surface area contributed by atoms with Gasteiger partial charge in [0, 0.05) is 32.3 Å². The van der Waals surface area contributed by atoms with Crippen LogP contribution < -0.4 is 0 Å². The minimum absolute atomic E-state index is 0.241. The van der Waals surface area contributed by atoms with Gasteiger partial charge >= 0.3 is 0 Å². The van der Waals surface area contributed by atoms with E-state index in [-0.39, 0.29) is 5.92 Å². The van der Waals surface area contributed by atoms with Gasteiger partial charge in [0.15, 0.2) is 0 Å². The summed E-state index contributed by atoms with van der Waals surface area (Å²) in [6.45, 7) is 7.07. The second-order valence-electron chi connectivity index (χ2n) is 12.8. The third-order valence-corrected chi connectivity index (χ3v) is 11.2. The van der Waals surface area contributed by atoms with E-state index >= 15 is 0 Å². The molecular formula is C45H35NS. The van der Waals surface area contributed by atoms with Crippen molar-refractivity contribution in [3.63, 3.8) is 0 Å². The molecule has 1 aliphatic carbocycles. The SMILES string of the molecule is CCC1=C(c2ccccc2)C(C)C(C)=C(c2ccccc2)C(n2c3cc4ccsc4cc3c3c4ccccc4c4ccccc4c32)=C1. The summed E-state index contributed by atoms with van der Waals surface area (Å²) >= 11 is 1.83. The quantitative estimate of drug-likeness (QED) is 0.172. The molecule has 9 rings (SSSR count). The highest BCUT2D eigenvalue weighted by atomic mass is 32.1. The molecule has 0 spiro atoms. The lowest BCUT2D eigenvalue weighted by Crippen LogP contribution is -2.06. The highest BCUT2D eigenvalue weighted by Gasteiger charge is 2.29. The van der Waals surface area contributed by atoms with Crippen LogP contribution in [0.5, 0.6) is 0 Å². The maximum Gasteiger partial charge on any atom is 0.0626 e. The molecule has 8 aromatic rings. The van der Waals surface area contributed by atoms with Crippen LogP contribution in [0.25, 0.3) is 70.3 Å². The van der Waals surface area contributed by atoms with Crippen LogP contribution >= 0.6 is 11.3 Å². The van der Waals surface area contributed by atoms with Crippen LogP contribution in [-0.4, -0.2) is 4.57 Å². The molecule has 2 aromatic heterocycles. The summed E-state index contributed by atoms with van der Waals surface area (Å²) in [5.74, 6) is 0.241. The van der Waals surface area contributed by atoms with E-state index in [2.05, 4.69) is 164 Å². The monoisotopic (exact) mass is 621 g/mol. The van der Waals surface area contributed by atoms with Gasteiger partial charge in [-0.05, 0) is 86.8 Å². The van der Waals surface area contributed by atoms with Gasteiger partial charge in [0.2, 0.25) is 0 Å². The van der Waals surface area contributed by atoms with Crippen molar-refractivity contribution in [3.8, 4) is 0 Å². The number of thiophene rings is 1. The fourth-order valence-electron chi connectivity index (χ4n) is 8.11. The average molecular weight is 622 g/mol. The summed E-state index contributed by atoms with van der Waals surface area (Å²) < 4.78 is 3.95. The lowest BCUT2D eigenvalue weighted by molar-refractivity contribution is 0.879. The Kier molecular flexibility index (Phi) is 6.55. The van der Waals surface area contributed by atoms with Gasteiger partial charge in [-0.1, -0.05) is 129 Å². The van der Waals surface area contributed by atoms with E-state index in [0.717, 1.165) is 6.42 Å². The number of nitrogens with zero attached hydrogens (tertiary/aromatic N) is 1. The highest BCUT2D eigenvalue weighted by molar-refractivity contribution is 7.17. The van der Waals surface area contributed by atoms with Gasteiger partial charge in [-0.15, -0.1) is 11.3 Å². The van der Waals surface area contributed by atoms with Crippen LogP contribution in [0, 0.1) is 5.92 Å². The summed E-state index contributed by atoms with van der Waals surface area (Å²) in [7, 11) is 0. The molecule has 0 N–H and O–H groups in total. The summed E-state index contributed by atoms with van der Waals surface area (Å²) in [4.78, 5) is 0. The Morgan fingerprint density at radius 1 is 0.660 bits per heavy atom. The van der Waals surface area contributed by atoms with E-state index < -0.39 is 0 Å². The molecule has 0 fully saturated rings. The molecule has 0 saturated heterocycles. The van der Waals surface area contributed by atoms with Gasteiger partial charge in [-0.25, -0.2) is 0 Å². The van der Waals surface area contributed by atoms with Crippen LogP contribution in [0.4, 0.5) is 0 Å². The highest BCUT2D eigenvalue weighted by Crippen LogP contribution is 2.49. The Bertz CT molecular complexity index is 2610. The van der Waals surface area contributed by atoms with E-state index in [4.69, 9.17) is 0 Å². The predicted octanol–water partition coefficient (Wildman–Crippen LogP) is 13.1. The van der Waals surface area contributed by atoms with Crippen molar-refractivity contribution in [2.75, 3.05) is 0 Å². The minimum Gasteiger partial charge on any atom is -0.308 e. The van der Waals surface area contributed by atoms with Crippen LogP contribution in [-0.2, 0) is 0 Å². The Morgan fingerprint density at radius 3 is 1.98 bits per heavy atom. The second kappa shape index (κ2) is 11.0. The van der Waals surface area contributed by atoms with Crippen molar-refractivity contribution < 1.29 is 0 Å². The normalized spacial score (nSPS) is 15.8. The molecule has 1 nitrogen and oxygen atoms in total. The van der Waals surface area contributed by atoms with E-state index in [1.165, 1.54) is 92.6 Å². The largest absolute Gasteiger partial charge is 0.308 e. The van der Waals surface area contributed by atoms with Crippen LogP contribution in [0.3, 0.4) is 0 Å². The molecule has 226 valence electrons. The number of hydrogen-bond acceptors (Lipinski definition) is 1. The first-order valence-electron chi connectivity index (χ1n) is 16.7. The summed E-state index contributed by atoms with van der Waals surface area (Å²) in [6, 6.07) is 47.2. The molecule has 1 atom stereocenters. The number of benzene rings is 6. The Hall–Kier alpha value is -5.18. The van der Waals surface area contributed by atoms with Gasteiger partial charge in [-0.3, -0.25) is 0 Å². The summed E-state index contributed by atoms with van der Waals surface area (Å²) in [6.07, 6.45) is 3.47. The molecule has 0 aliphatic heterocycles. The molecule has 0 amide bonds. The lowest BCUT2D eigenvalue weighted by atomic mass is 9.83. The van der Waals surface area contributed by atoms with Gasteiger partial charge in [0.05, 0.1) is 16.7 Å². The molecule has 0 radical (unpaired) electrons. The zero-order valence-electron chi connectivity index (χ0n) is 26.9. The number of rotatable bonds is 4. The molecular weight excluding hydrogens is 587 g/mol. The van der Waals surface area contributed by atoms with Crippen molar-refractivity contribution in [2.45, 2.75) is 27.2 Å². The lowest BCUT2D eigenvalue weighted by Gasteiger charge is -2.23. The number of fused-ring (bicyclic) bond motifs is 9. The van der Waals surface area contributed by atoms with E-state index in [1.807, 2.05) is 11.3 Å². The first-order chi connectivity index (χ1) is 23.1. The summed E-state index contributed by atoms with van der Waals surface area (Å²) in [5.41, 5.74) is 11.9. The van der Waals surface area contributed by atoms with Crippen LogP contribution in [0.2, 0.25) is 0 Å². The fraction of sp³-hybridized carbons (Fsp3) is 0.111. The zero-order valence-corrected chi connectivity index (χ0v) is 27.7. The standard InChI is InChI=1S/C45H35NS/c1-4-30-25-40(43(32-17-9-6-10-18-32)29(3)28(2)42(30)31-15-7-5-8-16-31)46-39-26-33-23-24-47-41(33)27-38(39)44-36-21-13-11-19-34(36)35-20-12-14-22-37(35)45(44)46/h5-28H,4H2,1-3H3. The molecule has 2 heterocycles. The maximum atomic E-state index is 2.62. The van der Waals surface area contributed by atoms with Crippen molar-refractivity contribution in [2.24, 2.45) is 5.92 Å². The van der Waals surface area contributed by atoms with Crippen molar-refractivity contribution in [3.05, 3.63) is 161 Å². The van der Waals surface area contributed by atoms with Gasteiger partial charge in [-0.2, -0.15) is 0 Å². The maximum absolute atomic E-state index is 2.62. The second-order valence-corrected chi connectivity index (χ2v) is 13.8. The van der Waals surface area contributed by atoms with Gasteiger partial charge < -0.3 is 4.57 Å². The van der Waals surface area contributed by atoms with Gasteiger partial charge in [0.1, 0.15) is 0 Å². The third-order valence-electron chi connectivity index (χ3n) is 10.4. The van der Waals surface area contributed by atoms with Crippen LogP contribution in [0.1, 0.15) is 38.3 Å². The number of allylic oxidation sites excluding steroid dienone is 6. The van der Waals surface area contributed by atoms with E-state index in [9.17, 15) is 0 Å². The third kappa shape index (κ3) is 4.21. The zero-order chi connectivity index (χ0) is 31.6. The van der Waals surface area contributed by atoms with E-state index in [0.29, 0.717) is 0 Å². The van der Waals surface area contributed by atoms with Crippen molar-refractivity contribution >= 4 is 81.6 Å². The number of aromatic nitrogens is 1. The van der Waals surface area contributed by atoms with Crippen molar-refractivity contribution in [1.29, 1.82) is 0 Å². The first-order valence-corrected chi connectivity index (χ1v) is 17.5. The summed E-state index contributed by atoms with van der Waals surface area (Å²) in [5, 5.41) is 11.3. The predicted molar refractivity (Wildman–Crippen MR) is 206 cm³/mol. The molecule has 47 heavy (non-hydrogen) atoms. The molecule has 1 aliphatic rings. The molecule has 2 heteroatoms.